The Morgan fingerprint density at radius 1 is 1.10 bits per heavy atom. The summed E-state index contributed by atoms with van der Waals surface area (Å²) >= 11 is 0. The monoisotopic (exact) mass is 552 g/mol. The molecule has 1 fully saturated rings. The number of aryl methyl sites for hydroxylation is 1. The molecule has 4 amide bonds. The molecule has 2 aromatic rings. The Bertz CT molecular complexity index is 1270. The lowest BCUT2D eigenvalue weighted by Gasteiger charge is -2.32. The Kier molecular flexibility index (Phi) is 9.39. The van der Waals surface area contributed by atoms with Crippen molar-refractivity contribution in [3.05, 3.63) is 65.0 Å². The highest BCUT2D eigenvalue weighted by Crippen LogP contribution is 2.24. The van der Waals surface area contributed by atoms with Crippen molar-refractivity contribution in [2.45, 2.75) is 51.6 Å². The predicted octanol–water partition coefficient (Wildman–Crippen LogP) is 2.78. The zero-order chi connectivity index (χ0) is 28.8. The lowest BCUT2D eigenvalue weighted by Crippen LogP contribution is -2.54. The first kappa shape index (κ1) is 29.0. The van der Waals surface area contributed by atoms with Crippen molar-refractivity contribution in [1.29, 1.82) is 0 Å². The van der Waals surface area contributed by atoms with Gasteiger partial charge in [0.05, 0.1) is 19.2 Å². The zero-order valence-electron chi connectivity index (χ0n) is 23.2. The van der Waals surface area contributed by atoms with Crippen LogP contribution in [-0.2, 0) is 16.0 Å². The number of nitrogens with zero attached hydrogens (tertiary/aromatic N) is 2. The molecular weight excluding hydrogens is 515 g/mol. The molecule has 2 bridgehead atoms. The summed E-state index contributed by atoms with van der Waals surface area (Å²) < 4.78 is 20.0. The number of halogens is 1. The minimum atomic E-state index is -0.752. The largest absolute Gasteiger partial charge is 0.497 e. The van der Waals surface area contributed by atoms with Crippen molar-refractivity contribution in [2.75, 3.05) is 33.3 Å². The third kappa shape index (κ3) is 6.78. The van der Waals surface area contributed by atoms with E-state index in [0.717, 1.165) is 5.56 Å². The third-order valence-electron chi connectivity index (χ3n) is 7.53. The van der Waals surface area contributed by atoms with Crippen LogP contribution in [0.25, 0.3) is 0 Å². The van der Waals surface area contributed by atoms with E-state index in [9.17, 15) is 23.6 Å². The van der Waals surface area contributed by atoms with Gasteiger partial charge in [0.1, 0.15) is 17.6 Å². The van der Waals surface area contributed by atoms with Crippen LogP contribution < -0.4 is 15.4 Å². The van der Waals surface area contributed by atoms with Crippen molar-refractivity contribution in [2.24, 2.45) is 5.92 Å². The molecule has 2 aliphatic heterocycles. The maximum Gasteiger partial charge on any atom is 0.257 e. The lowest BCUT2D eigenvalue weighted by molar-refractivity contribution is -0.126. The minimum Gasteiger partial charge on any atom is -0.497 e. The number of benzene rings is 2. The highest BCUT2D eigenvalue weighted by atomic mass is 19.1. The smallest absolute Gasteiger partial charge is 0.257 e. The Labute approximate surface area is 234 Å². The van der Waals surface area contributed by atoms with E-state index in [1.165, 1.54) is 29.0 Å². The van der Waals surface area contributed by atoms with Gasteiger partial charge < -0.3 is 25.2 Å². The maximum absolute atomic E-state index is 14.7. The van der Waals surface area contributed by atoms with Crippen molar-refractivity contribution in [3.8, 4) is 5.75 Å². The Hall–Kier alpha value is -3.95. The molecule has 40 heavy (non-hydrogen) atoms. The molecule has 2 aromatic carbocycles. The second-order valence-corrected chi connectivity index (χ2v) is 10.7. The van der Waals surface area contributed by atoms with E-state index < -0.39 is 23.8 Å². The van der Waals surface area contributed by atoms with E-state index in [-0.39, 0.29) is 42.3 Å². The van der Waals surface area contributed by atoms with Crippen molar-refractivity contribution in [3.63, 3.8) is 0 Å². The molecule has 214 valence electrons. The molecule has 0 unspecified atom stereocenters. The van der Waals surface area contributed by atoms with Gasteiger partial charge in [-0.05, 0) is 67.5 Å². The van der Waals surface area contributed by atoms with Crippen LogP contribution in [-0.4, -0.2) is 78.8 Å². The van der Waals surface area contributed by atoms with Crippen LogP contribution in [0, 0.1) is 11.7 Å². The summed E-state index contributed by atoms with van der Waals surface area (Å²) in [5, 5.41) is 5.88. The van der Waals surface area contributed by atoms with Gasteiger partial charge >= 0.3 is 0 Å². The summed E-state index contributed by atoms with van der Waals surface area (Å²) in [5.74, 6) is -1.76. The summed E-state index contributed by atoms with van der Waals surface area (Å²) in [7, 11) is 1.51. The number of carbonyl (C=O) groups is 4. The first-order chi connectivity index (χ1) is 19.2. The fourth-order valence-electron chi connectivity index (χ4n) is 5.18. The molecular formula is C30H37FN4O5. The standard InChI is InChI=1S/C30H37FN4O5/c1-19(2)25-17-34(29(38)21-8-4-9-22(16-21)40-3)18-27(36)32-13-5-7-20-11-12-24(31)23(15-20)30(39)35-14-6-10-26(35)28(37)33-25/h4,8-9,11-12,15-16,19,25-26H,5-7,10,13-14,17-18H2,1-3H3,(H,32,36)(H,33,37)/t25-,26-/m0/s1. The highest BCUT2D eigenvalue weighted by molar-refractivity contribution is 5.99. The number of fused-ring (bicyclic) bond motifs is 3. The van der Waals surface area contributed by atoms with E-state index in [0.29, 0.717) is 50.1 Å². The first-order valence-corrected chi connectivity index (χ1v) is 13.8. The zero-order valence-corrected chi connectivity index (χ0v) is 23.2. The predicted molar refractivity (Wildman–Crippen MR) is 147 cm³/mol. The summed E-state index contributed by atoms with van der Waals surface area (Å²) in [5.41, 5.74) is 1.07. The van der Waals surface area contributed by atoms with Crippen LogP contribution in [0.5, 0.6) is 5.75 Å². The summed E-state index contributed by atoms with van der Waals surface area (Å²) in [6.07, 6.45) is 2.17. The molecule has 2 heterocycles. The normalized spacial score (nSPS) is 21.0. The molecule has 4 rings (SSSR count). The number of ether oxygens (including phenoxy) is 1. The highest BCUT2D eigenvalue weighted by Gasteiger charge is 2.37. The average molecular weight is 553 g/mol. The number of rotatable bonds is 3. The molecule has 9 nitrogen and oxygen atoms in total. The van der Waals surface area contributed by atoms with Gasteiger partial charge in [-0.15, -0.1) is 0 Å². The molecule has 0 aromatic heterocycles. The quantitative estimate of drug-likeness (QED) is 0.609. The fraction of sp³-hybridized carbons (Fsp3) is 0.467. The molecule has 2 atom stereocenters. The SMILES string of the molecule is COc1cccc(C(=O)N2CC(=O)NCCCc3ccc(F)c(c3)C(=O)N3CCC[C@H]3C(=O)N[C@H](C(C)C)C2)c1. The van der Waals surface area contributed by atoms with Gasteiger partial charge in [0.15, 0.2) is 0 Å². The molecule has 0 aliphatic carbocycles. The number of hydrogen-bond donors (Lipinski definition) is 2. The first-order valence-electron chi connectivity index (χ1n) is 13.8. The second kappa shape index (κ2) is 12.9. The van der Waals surface area contributed by atoms with Crippen molar-refractivity contribution >= 4 is 23.6 Å². The Morgan fingerprint density at radius 2 is 1.90 bits per heavy atom. The average Bonchev–Trinajstić information content (AvgIpc) is 3.44. The molecule has 2 aliphatic rings. The Balaban J connectivity index is 1.65. The van der Waals surface area contributed by atoms with Crippen LogP contribution in [0.3, 0.4) is 0 Å². The number of nitrogens with one attached hydrogen (secondary N) is 2. The number of carbonyl (C=O) groups excluding carboxylic acids is 4. The van der Waals surface area contributed by atoms with Crippen molar-refractivity contribution < 1.29 is 28.3 Å². The molecule has 0 spiro atoms. The third-order valence-corrected chi connectivity index (χ3v) is 7.53. The second-order valence-electron chi connectivity index (χ2n) is 10.7. The number of hydrogen-bond acceptors (Lipinski definition) is 5. The van der Waals surface area contributed by atoms with Gasteiger partial charge in [0, 0.05) is 31.2 Å². The minimum absolute atomic E-state index is 0.0546. The van der Waals surface area contributed by atoms with Crippen LogP contribution >= 0.6 is 0 Å². The van der Waals surface area contributed by atoms with Gasteiger partial charge in [0.25, 0.3) is 11.8 Å². The summed E-state index contributed by atoms with van der Waals surface area (Å²) in [4.78, 5) is 56.3. The summed E-state index contributed by atoms with van der Waals surface area (Å²) in [6.45, 7) is 4.43. The molecule has 0 radical (unpaired) electrons. The lowest BCUT2D eigenvalue weighted by atomic mass is 10.0. The Morgan fingerprint density at radius 3 is 2.65 bits per heavy atom. The van der Waals surface area contributed by atoms with E-state index in [1.54, 1.807) is 30.3 Å². The van der Waals surface area contributed by atoms with Crippen LogP contribution in [0.2, 0.25) is 0 Å². The van der Waals surface area contributed by atoms with Gasteiger partial charge in [-0.25, -0.2) is 4.39 Å². The van der Waals surface area contributed by atoms with Gasteiger partial charge in [-0.3, -0.25) is 19.2 Å². The maximum atomic E-state index is 14.7. The topological polar surface area (TPSA) is 108 Å². The molecule has 0 saturated carbocycles. The van der Waals surface area contributed by atoms with Crippen LogP contribution in [0.4, 0.5) is 4.39 Å². The summed E-state index contributed by atoms with van der Waals surface area (Å²) in [6, 6.07) is 9.89. The van der Waals surface area contributed by atoms with E-state index in [1.807, 2.05) is 13.8 Å². The van der Waals surface area contributed by atoms with Crippen molar-refractivity contribution in [1.82, 2.24) is 20.4 Å². The van der Waals surface area contributed by atoms with Crippen LogP contribution in [0.15, 0.2) is 42.5 Å². The molecule has 1 saturated heterocycles. The molecule has 10 heteroatoms. The van der Waals surface area contributed by atoms with Crippen LogP contribution in [0.1, 0.15) is 59.4 Å². The number of amides is 4. The van der Waals surface area contributed by atoms with E-state index in [4.69, 9.17) is 4.74 Å². The number of methoxy groups -OCH3 is 1. The van der Waals surface area contributed by atoms with E-state index >= 15 is 0 Å². The van der Waals surface area contributed by atoms with Gasteiger partial charge in [-0.2, -0.15) is 0 Å². The fourth-order valence-corrected chi connectivity index (χ4v) is 5.18. The van der Waals surface area contributed by atoms with Gasteiger partial charge in [-0.1, -0.05) is 26.0 Å². The molecule has 2 N–H and O–H groups in total. The van der Waals surface area contributed by atoms with E-state index in [2.05, 4.69) is 10.6 Å². The van der Waals surface area contributed by atoms with Gasteiger partial charge in [0.2, 0.25) is 11.8 Å².